The van der Waals surface area contributed by atoms with Crippen LogP contribution in [0.1, 0.15) is 23.1 Å². The molecule has 0 aliphatic carbocycles. The Morgan fingerprint density at radius 3 is 2.72 bits per heavy atom. The van der Waals surface area contributed by atoms with Crippen LogP contribution in [0.4, 0.5) is 13.2 Å². The smallest absolute Gasteiger partial charge is 0.385 e. The first-order valence-corrected chi connectivity index (χ1v) is 5.16. The molecule has 0 spiro atoms. The van der Waals surface area contributed by atoms with Gasteiger partial charge in [0.05, 0.1) is 5.56 Å². The second kappa shape index (κ2) is 4.77. The lowest BCUT2D eigenvalue weighted by Crippen LogP contribution is -2.08. The zero-order chi connectivity index (χ0) is 13.2. The van der Waals surface area contributed by atoms with Crippen LogP contribution in [0.5, 0.6) is 0 Å². The molecular formula is C11H10F3N3O. The van der Waals surface area contributed by atoms with E-state index in [0.717, 1.165) is 12.1 Å². The number of nitrogens with zero attached hydrogens (tertiary/aromatic N) is 2. The standard InChI is InChI=1S/C11H10F3N3O/c12-11(13,14)8-3-1-2-7(4-8)5-9(18)10-15-6-16-17-10/h1-4,6,9,18H,5H2,(H,15,16,17). The maximum atomic E-state index is 12.5. The van der Waals surface area contributed by atoms with Gasteiger partial charge < -0.3 is 5.11 Å². The van der Waals surface area contributed by atoms with E-state index in [9.17, 15) is 18.3 Å². The summed E-state index contributed by atoms with van der Waals surface area (Å²) < 4.78 is 37.5. The van der Waals surface area contributed by atoms with Gasteiger partial charge in [-0.05, 0) is 11.6 Å². The third-order valence-electron chi connectivity index (χ3n) is 2.43. The number of aromatic nitrogens is 3. The Balaban J connectivity index is 2.15. The first-order valence-electron chi connectivity index (χ1n) is 5.16. The first kappa shape index (κ1) is 12.6. The van der Waals surface area contributed by atoms with Crippen molar-refractivity contribution in [1.29, 1.82) is 0 Å². The summed E-state index contributed by atoms with van der Waals surface area (Å²) in [4.78, 5) is 3.74. The molecule has 0 radical (unpaired) electrons. The number of hydrogen-bond donors (Lipinski definition) is 2. The summed E-state index contributed by atoms with van der Waals surface area (Å²) in [5, 5.41) is 15.8. The molecule has 1 aromatic heterocycles. The molecule has 1 heterocycles. The summed E-state index contributed by atoms with van der Waals surface area (Å²) in [6.45, 7) is 0. The van der Waals surface area contributed by atoms with Gasteiger partial charge >= 0.3 is 6.18 Å². The summed E-state index contributed by atoms with van der Waals surface area (Å²) in [6.07, 6.45) is -4.12. The normalized spacial score (nSPS) is 13.6. The predicted molar refractivity (Wildman–Crippen MR) is 56.5 cm³/mol. The van der Waals surface area contributed by atoms with Crippen LogP contribution < -0.4 is 0 Å². The highest BCUT2D eigenvalue weighted by molar-refractivity contribution is 5.26. The van der Waals surface area contributed by atoms with Crippen LogP contribution in [-0.4, -0.2) is 20.3 Å². The third kappa shape index (κ3) is 2.86. The van der Waals surface area contributed by atoms with Gasteiger partial charge in [0.25, 0.3) is 0 Å². The molecule has 2 N–H and O–H groups in total. The van der Waals surface area contributed by atoms with E-state index < -0.39 is 17.8 Å². The summed E-state index contributed by atoms with van der Waals surface area (Å²) in [7, 11) is 0. The van der Waals surface area contributed by atoms with Gasteiger partial charge in [0, 0.05) is 6.42 Å². The molecule has 1 atom stereocenters. The zero-order valence-electron chi connectivity index (χ0n) is 9.15. The Bertz CT molecular complexity index is 511. The van der Waals surface area contributed by atoms with E-state index >= 15 is 0 Å². The monoisotopic (exact) mass is 257 g/mol. The molecule has 2 rings (SSSR count). The highest BCUT2D eigenvalue weighted by atomic mass is 19.4. The van der Waals surface area contributed by atoms with Gasteiger partial charge in [-0.25, -0.2) is 4.98 Å². The van der Waals surface area contributed by atoms with Crippen LogP contribution in [0.3, 0.4) is 0 Å². The van der Waals surface area contributed by atoms with Gasteiger partial charge in [0.2, 0.25) is 0 Å². The number of hydrogen-bond acceptors (Lipinski definition) is 3. The van der Waals surface area contributed by atoms with Crippen LogP contribution in [0.2, 0.25) is 0 Å². The number of alkyl halides is 3. The number of nitrogens with one attached hydrogen (secondary N) is 1. The number of H-pyrrole nitrogens is 1. The molecule has 0 aliphatic heterocycles. The van der Waals surface area contributed by atoms with Crippen LogP contribution in [0, 0.1) is 0 Å². The minimum absolute atomic E-state index is 0.0408. The molecule has 0 saturated heterocycles. The van der Waals surface area contributed by atoms with Crippen molar-refractivity contribution < 1.29 is 18.3 Å². The second-order valence-corrected chi connectivity index (χ2v) is 3.79. The molecule has 7 heteroatoms. The van der Waals surface area contributed by atoms with Crippen molar-refractivity contribution in [3.8, 4) is 0 Å². The van der Waals surface area contributed by atoms with Crippen LogP contribution in [0.25, 0.3) is 0 Å². The number of aliphatic hydroxyl groups is 1. The zero-order valence-corrected chi connectivity index (χ0v) is 9.15. The predicted octanol–water partition coefficient (Wildman–Crippen LogP) is 2.10. The van der Waals surface area contributed by atoms with Crippen molar-refractivity contribution in [2.45, 2.75) is 18.7 Å². The molecule has 96 valence electrons. The Labute approximate surface area is 100 Å². The summed E-state index contributed by atoms with van der Waals surface area (Å²) >= 11 is 0. The van der Waals surface area contributed by atoms with Gasteiger partial charge in [-0.2, -0.15) is 18.3 Å². The van der Waals surface area contributed by atoms with E-state index in [4.69, 9.17) is 0 Å². The quantitative estimate of drug-likeness (QED) is 0.885. The Morgan fingerprint density at radius 2 is 2.11 bits per heavy atom. The molecule has 0 saturated carbocycles. The molecule has 0 fully saturated rings. The van der Waals surface area contributed by atoms with Gasteiger partial charge in [0.1, 0.15) is 12.4 Å². The van der Waals surface area contributed by atoms with Gasteiger partial charge in [-0.1, -0.05) is 18.2 Å². The number of halogens is 3. The number of rotatable bonds is 3. The average Bonchev–Trinajstić information content (AvgIpc) is 2.81. The van der Waals surface area contributed by atoms with E-state index in [2.05, 4.69) is 15.2 Å². The van der Waals surface area contributed by atoms with E-state index in [0.29, 0.717) is 5.56 Å². The van der Waals surface area contributed by atoms with E-state index in [1.54, 1.807) is 0 Å². The van der Waals surface area contributed by atoms with E-state index in [1.165, 1.54) is 18.5 Å². The molecule has 0 amide bonds. The van der Waals surface area contributed by atoms with E-state index in [-0.39, 0.29) is 12.2 Å². The van der Waals surface area contributed by atoms with Crippen LogP contribution in [-0.2, 0) is 12.6 Å². The largest absolute Gasteiger partial charge is 0.416 e. The first-order chi connectivity index (χ1) is 8.47. The SMILES string of the molecule is OC(Cc1cccc(C(F)(F)F)c1)c1ncn[nH]1. The molecule has 1 aromatic carbocycles. The molecule has 4 nitrogen and oxygen atoms in total. The Kier molecular flexibility index (Phi) is 3.33. The fourth-order valence-electron chi connectivity index (χ4n) is 1.57. The Morgan fingerprint density at radius 1 is 1.33 bits per heavy atom. The molecule has 0 aliphatic rings. The highest BCUT2D eigenvalue weighted by Gasteiger charge is 2.30. The van der Waals surface area contributed by atoms with Crippen molar-refractivity contribution in [3.63, 3.8) is 0 Å². The minimum atomic E-state index is -4.38. The van der Waals surface area contributed by atoms with Crippen molar-refractivity contribution in [3.05, 3.63) is 47.5 Å². The van der Waals surface area contributed by atoms with Crippen molar-refractivity contribution in [1.82, 2.24) is 15.2 Å². The molecule has 1 unspecified atom stereocenters. The molecule has 0 bridgehead atoms. The fraction of sp³-hybridized carbons (Fsp3) is 0.273. The molecule has 2 aromatic rings. The highest BCUT2D eigenvalue weighted by Crippen LogP contribution is 2.30. The number of aromatic amines is 1. The van der Waals surface area contributed by atoms with Crippen LogP contribution in [0.15, 0.2) is 30.6 Å². The Hall–Kier alpha value is -1.89. The van der Waals surface area contributed by atoms with Gasteiger partial charge in [0.15, 0.2) is 5.82 Å². The molecular weight excluding hydrogens is 247 g/mol. The summed E-state index contributed by atoms with van der Waals surface area (Å²) in [5.74, 6) is 0.229. The average molecular weight is 257 g/mol. The third-order valence-corrected chi connectivity index (χ3v) is 2.43. The lowest BCUT2D eigenvalue weighted by atomic mass is 10.0. The summed E-state index contributed by atoms with van der Waals surface area (Å²) in [6, 6.07) is 4.84. The maximum absolute atomic E-state index is 12.5. The maximum Gasteiger partial charge on any atom is 0.416 e. The summed E-state index contributed by atoms with van der Waals surface area (Å²) in [5.41, 5.74) is -0.349. The van der Waals surface area contributed by atoms with Crippen molar-refractivity contribution >= 4 is 0 Å². The molecule has 18 heavy (non-hydrogen) atoms. The number of aliphatic hydroxyl groups excluding tert-OH is 1. The van der Waals surface area contributed by atoms with Crippen LogP contribution >= 0.6 is 0 Å². The van der Waals surface area contributed by atoms with Crippen molar-refractivity contribution in [2.75, 3.05) is 0 Å². The lowest BCUT2D eigenvalue weighted by Gasteiger charge is -2.10. The second-order valence-electron chi connectivity index (χ2n) is 3.79. The fourth-order valence-corrected chi connectivity index (χ4v) is 1.57. The van der Waals surface area contributed by atoms with Crippen molar-refractivity contribution in [2.24, 2.45) is 0 Å². The lowest BCUT2D eigenvalue weighted by molar-refractivity contribution is -0.137. The van der Waals surface area contributed by atoms with Gasteiger partial charge in [-0.15, -0.1) is 0 Å². The van der Waals surface area contributed by atoms with E-state index in [1.807, 2.05) is 0 Å². The topological polar surface area (TPSA) is 61.8 Å². The number of benzene rings is 1. The minimum Gasteiger partial charge on any atom is -0.385 e. The van der Waals surface area contributed by atoms with Gasteiger partial charge in [-0.3, -0.25) is 5.10 Å².